The number of amides is 1. The van der Waals surface area contributed by atoms with E-state index in [1.807, 2.05) is 0 Å². The van der Waals surface area contributed by atoms with Gasteiger partial charge < -0.3 is 20.1 Å². The van der Waals surface area contributed by atoms with E-state index >= 15 is 0 Å². The van der Waals surface area contributed by atoms with E-state index in [1.54, 1.807) is 37.9 Å². The largest absolute Gasteiger partial charge is 0.484 e. The van der Waals surface area contributed by atoms with Gasteiger partial charge in [-0.2, -0.15) is 13.2 Å². The van der Waals surface area contributed by atoms with Crippen LogP contribution in [0.2, 0.25) is 0 Å². The maximum absolute atomic E-state index is 12.6. The minimum absolute atomic E-state index is 0.107. The molecule has 1 fully saturated rings. The van der Waals surface area contributed by atoms with Crippen molar-refractivity contribution in [3.8, 4) is 5.75 Å². The highest BCUT2D eigenvalue weighted by Crippen LogP contribution is 2.28. The first kappa shape index (κ1) is 21.5. The number of ether oxygens (including phenoxy) is 2. The molecule has 152 valence electrons. The Morgan fingerprint density at radius 1 is 1.30 bits per heavy atom. The van der Waals surface area contributed by atoms with Gasteiger partial charge in [0.1, 0.15) is 5.75 Å². The first-order valence-electron chi connectivity index (χ1n) is 8.96. The lowest BCUT2D eigenvalue weighted by molar-refractivity contribution is -0.153. The number of halogens is 3. The van der Waals surface area contributed by atoms with Gasteiger partial charge in [-0.3, -0.25) is 4.79 Å². The molecule has 0 spiro atoms. The fraction of sp³-hybridized carbons (Fsp3) is 0.632. The van der Waals surface area contributed by atoms with Crippen molar-refractivity contribution in [2.45, 2.75) is 45.5 Å². The Morgan fingerprint density at radius 3 is 2.37 bits per heavy atom. The molecular formula is C19H27F3N2O3. The number of aryl methyl sites for hydroxylation is 2. The predicted octanol–water partition coefficient (Wildman–Crippen LogP) is 2.96. The monoisotopic (exact) mass is 388 g/mol. The van der Waals surface area contributed by atoms with Gasteiger partial charge in [-0.15, -0.1) is 0 Å². The zero-order valence-corrected chi connectivity index (χ0v) is 15.9. The Hall–Kier alpha value is -1.80. The van der Waals surface area contributed by atoms with Crippen LogP contribution in [0.3, 0.4) is 0 Å². The maximum Gasteiger partial charge on any atom is 0.422 e. The number of benzene rings is 1. The van der Waals surface area contributed by atoms with Crippen LogP contribution in [-0.2, 0) is 16.1 Å². The van der Waals surface area contributed by atoms with E-state index < -0.39 is 18.8 Å². The SMILES string of the molecule is Cc1cc(CN(C)C(=O)C(N)C2CCOCC2)cc(C)c1OCC(F)(F)F. The van der Waals surface area contributed by atoms with E-state index in [1.165, 1.54) is 0 Å². The fourth-order valence-corrected chi connectivity index (χ4v) is 3.40. The average Bonchev–Trinajstić information content (AvgIpc) is 2.59. The Bertz CT molecular complexity index is 635. The molecule has 1 heterocycles. The molecule has 2 N–H and O–H groups in total. The molecule has 0 bridgehead atoms. The summed E-state index contributed by atoms with van der Waals surface area (Å²) in [6.45, 7) is 3.62. The fourth-order valence-electron chi connectivity index (χ4n) is 3.40. The molecule has 1 atom stereocenters. The van der Waals surface area contributed by atoms with Crippen molar-refractivity contribution in [1.29, 1.82) is 0 Å². The van der Waals surface area contributed by atoms with Crippen LogP contribution in [-0.4, -0.2) is 49.9 Å². The van der Waals surface area contributed by atoms with Gasteiger partial charge in [-0.1, -0.05) is 12.1 Å². The first-order chi connectivity index (χ1) is 12.6. The average molecular weight is 388 g/mol. The Kier molecular flexibility index (Phi) is 7.11. The minimum Gasteiger partial charge on any atom is -0.484 e. The molecule has 5 nitrogen and oxygen atoms in total. The van der Waals surface area contributed by atoms with E-state index in [0.29, 0.717) is 30.9 Å². The van der Waals surface area contributed by atoms with Gasteiger partial charge >= 0.3 is 6.18 Å². The second-order valence-corrected chi connectivity index (χ2v) is 7.13. The van der Waals surface area contributed by atoms with Gasteiger partial charge in [0, 0.05) is 26.8 Å². The van der Waals surface area contributed by atoms with Crippen LogP contribution >= 0.6 is 0 Å². The second kappa shape index (κ2) is 8.93. The number of nitrogens with zero attached hydrogens (tertiary/aromatic N) is 1. The van der Waals surface area contributed by atoms with Gasteiger partial charge in [-0.05, 0) is 49.3 Å². The second-order valence-electron chi connectivity index (χ2n) is 7.13. The molecule has 0 radical (unpaired) electrons. The molecule has 0 aliphatic carbocycles. The zero-order chi connectivity index (χ0) is 20.2. The highest BCUT2D eigenvalue weighted by atomic mass is 19.4. The molecule has 0 aromatic heterocycles. The number of alkyl halides is 3. The van der Waals surface area contributed by atoms with Gasteiger partial charge in [0.2, 0.25) is 5.91 Å². The smallest absolute Gasteiger partial charge is 0.422 e. The topological polar surface area (TPSA) is 64.8 Å². The molecule has 1 unspecified atom stereocenters. The summed E-state index contributed by atoms with van der Waals surface area (Å²) in [6, 6.07) is 2.90. The number of carbonyl (C=O) groups excluding carboxylic acids is 1. The number of nitrogens with two attached hydrogens (primary N) is 1. The molecule has 1 aromatic rings. The van der Waals surface area contributed by atoms with E-state index in [0.717, 1.165) is 18.4 Å². The van der Waals surface area contributed by atoms with Crippen molar-refractivity contribution in [1.82, 2.24) is 4.90 Å². The summed E-state index contributed by atoms with van der Waals surface area (Å²) in [5.74, 6) is 0.189. The summed E-state index contributed by atoms with van der Waals surface area (Å²) in [4.78, 5) is 14.2. The van der Waals surface area contributed by atoms with Crippen LogP contribution in [0.25, 0.3) is 0 Å². The standard InChI is InChI=1S/C19H27F3N2O3/c1-12-8-14(9-13(2)17(12)27-11-19(20,21)22)10-24(3)18(25)16(23)15-4-6-26-7-5-15/h8-9,15-16H,4-7,10-11,23H2,1-3H3. The molecule has 0 saturated carbocycles. The van der Waals surface area contributed by atoms with Crippen molar-refractivity contribution in [3.63, 3.8) is 0 Å². The molecule has 1 aromatic carbocycles. The lowest BCUT2D eigenvalue weighted by Gasteiger charge is -2.30. The van der Waals surface area contributed by atoms with Gasteiger partial charge in [-0.25, -0.2) is 0 Å². The van der Waals surface area contributed by atoms with Crippen molar-refractivity contribution >= 4 is 5.91 Å². The van der Waals surface area contributed by atoms with Crippen LogP contribution in [0.1, 0.15) is 29.5 Å². The molecule has 8 heteroatoms. The van der Waals surface area contributed by atoms with E-state index in [4.69, 9.17) is 15.2 Å². The quantitative estimate of drug-likeness (QED) is 0.814. The highest BCUT2D eigenvalue weighted by molar-refractivity contribution is 5.81. The van der Waals surface area contributed by atoms with Crippen molar-refractivity contribution in [2.24, 2.45) is 11.7 Å². The van der Waals surface area contributed by atoms with Crippen molar-refractivity contribution in [3.05, 3.63) is 28.8 Å². The van der Waals surface area contributed by atoms with Gasteiger partial charge in [0.05, 0.1) is 6.04 Å². The molecule has 1 amide bonds. The number of hydrogen-bond donors (Lipinski definition) is 1. The third-order valence-electron chi connectivity index (χ3n) is 4.76. The normalized spacial score (nSPS) is 16.9. The van der Waals surface area contributed by atoms with Crippen LogP contribution in [0.4, 0.5) is 13.2 Å². The van der Waals surface area contributed by atoms with Gasteiger partial charge in [0.25, 0.3) is 0 Å². The van der Waals surface area contributed by atoms with E-state index in [-0.39, 0.29) is 17.6 Å². The number of hydrogen-bond acceptors (Lipinski definition) is 4. The molecule has 1 aliphatic heterocycles. The number of carbonyl (C=O) groups is 1. The lowest BCUT2D eigenvalue weighted by atomic mass is 9.91. The van der Waals surface area contributed by atoms with E-state index in [2.05, 4.69) is 0 Å². The van der Waals surface area contributed by atoms with Crippen LogP contribution < -0.4 is 10.5 Å². The molecule has 1 saturated heterocycles. The summed E-state index contributed by atoms with van der Waals surface area (Å²) < 4.78 is 47.4. The summed E-state index contributed by atoms with van der Waals surface area (Å²) in [5, 5.41) is 0. The van der Waals surface area contributed by atoms with Crippen molar-refractivity contribution in [2.75, 3.05) is 26.9 Å². The van der Waals surface area contributed by atoms with Gasteiger partial charge in [0.15, 0.2) is 6.61 Å². The van der Waals surface area contributed by atoms with Crippen LogP contribution in [0.5, 0.6) is 5.75 Å². The predicted molar refractivity (Wildman–Crippen MR) is 95.5 cm³/mol. The molecule has 2 rings (SSSR count). The van der Waals surface area contributed by atoms with Crippen LogP contribution in [0.15, 0.2) is 12.1 Å². The molecule has 1 aliphatic rings. The Morgan fingerprint density at radius 2 is 1.85 bits per heavy atom. The zero-order valence-electron chi connectivity index (χ0n) is 15.9. The third kappa shape index (κ3) is 6.10. The Labute approximate surface area is 157 Å². The van der Waals surface area contributed by atoms with Crippen LogP contribution in [0, 0.1) is 19.8 Å². The first-order valence-corrected chi connectivity index (χ1v) is 8.96. The summed E-state index contributed by atoms with van der Waals surface area (Å²) in [5.41, 5.74) is 8.16. The molecule has 27 heavy (non-hydrogen) atoms. The van der Waals surface area contributed by atoms with Crippen molar-refractivity contribution < 1.29 is 27.4 Å². The number of rotatable bonds is 6. The maximum atomic E-state index is 12.6. The lowest BCUT2D eigenvalue weighted by Crippen LogP contribution is -2.47. The Balaban J connectivity index is 2.02. The minimum atomic E-state index is -4.38. The third-order valence-corrected chi connectivity index (χ3v) is 4.76. The highest BCUT2D eigenvalue weighted by Gasteiger charge is 2.30. The summed E-state index contributed by atoms with van der Waals surface area (Å²) in [6.07, 6.45) is -2.85. The molecular weight excluding hydrogens is 361 g/mol. The van der Waals surface area contributed by atoms with E-state index in [9.17, 15) is 18.0 Å². The summed E-state index contributed by atoms with van der Waals surface area (Å²) in [7, 11) is 1.68. The summed E-state index contributed by atoms with van der Waals surface area (Å²) >= 11 is 0. The number of likely N-dealkylation sites (N-methyl/N-ethyl adjacent to an activating group) is 1.